The summed E-state index contributed by atoms with van der Waals surface area (Å²) in [5, 5.41) is 3.73. The van der Waals surface area contributed by atoms with Crippen LogP contribution in [-0.4, -0.2) is 22.0 Å². The van der Waals surface area contributed by atoms with Crippen LogP contribution >= 0.6 is 27.7 Å². The summed E-state index contributed by atoms with van der Waals surface area (Å²) < 4.78 is 4.83. The average Bonchev–Trinajstić information content (AvgIpc) is 3.23. The van der Waals surface area contributed by atoms with Gasteiger partial charge in [0, 0.05) is 21.8 Å². The number of aryl methyl sites for hydroxylation is 1. The first-order valence-electron chi connectivity index (χ1n) is 11.4. The zero-order chi connectivity index (χ0) is 25.1. The van der Waals surface area contributed by atoms with Gasteiger partial charge in [0.1, 0.15) is 5.69 Å². The predicted octanol–water partition coefficient (Wildman–Crippen LogP) is 6.51. The van der Waals surface area contributed by atoms with Gasteiger partial charge in [-0.3, -0.25) is 9.59 Å². The minimum absolute atomic E-state index is 0.00717. The third-order valence-electron chi connectivity index (χ3n) is 5.76. The fourth-order valence-electron chi connectivity index (χ4n) is 3.96. The van der Waals surface area contributed by atoms with Gasteiger partial charge in [0.2, 0.25) is 5.03 Å². The fourth-order valence-corrected chi connectivity index (χ4v) is 5.32. The number of pyridine rings is 1. The number of nitrogens with zero attached hydrogens (tertiary/aromatic N) is 2. The molecule has 1 amide bonds. The van der Waals surface area contributed by atoms with Crippen LogP contribution in [-0.2, 0) is 0 Å². The van der Waals surface area contributed by atoms with Crippen molar-refractivity contribution < 1.29 is 14.0 Å². The molecule has 0 aliphatic rings. The predicted molar refractivity (Wildman–Crippen MR) is 147 cm³/mol. The second kappa shape index (κ2) is 10.5. The van der Waals surface area contributed by atoms with E-state index in [2.05, 4.69) is 21.2 Å². The largest absolute Gasteiger partial charge is 0.319 e. The summed E-state index contributed by atoms with van der Waals surface area (Å²) in [6.07, 6.45) is 1.87. The monoisotopic (exact) mass is 556 g/mol. The average molecular weight is 557 g/mol. The summed E-state index contributed by atoms with van der Waals surface area (Å²) in [5.41, 5.74) is 4.68. The molecule has 0 aliphatic carbocycles. The number of amides is 1. The molecule has 0 radical (unpaired) electrons. The maximum atomic E-state index is 13.7. The van der Waals surface area contributed by atoms with Crippen LogP contribution in [0.5, 0.6) is 0 Å². The number of carbonyl (C=O) groups is 2. The van der Waals surface area contributed by atoms with Crippen molar-refractivity contribution in [1.29, 1.82) is 0 Å². The second-order valence-electron chi connectivity index (χ2n) is 8.29. The molecule has 0 fully saturated rings. The molecule has 5 nitrogen and oxygen atoms in total. The van der Waals surface area contributed by atoms with Gasteiger partial charge < -0.3 is 5.32 Å². The van der Waals surface area contributed by atoms with Crippen LogP contribution in [0.25, 0.3) is 11.3 Å². The first kappa shape index (κ1) is 24.0. The summed E-state index contributed by atoms with van der Waals surface area (Å²) in [7, 11) is 0. The number of rotatable bonds is 7. The van der Waals surface area contributed by atoms with Gasteiger partial charge in [-0.05, 0) is 49.4 Å². The Bertz CT molecular complexity index is 1550. The minimum Gasteiger partial charge on any atom is -0.319 e. The number of para-hydroxylation sites is 1. The van der Waals surface area contributed by atoms with E-state index < -0.39 is 0 Å². The van der Waals surface area contributed by atoms with Gasteiger partial charge in [0.05, 0.1) is 11.9 Å². The SMILES string of the molecule is Cc1ccc(NC(=O)c2c(SCC(=O)c3ccc(Br)cc3)n(-c3ccccc3)c3cccc[n+]23)cc1. The highest BCUT2D eigenvalue weighted by Gasteiger charge is 2.32. The molecule has 3 aromatic carbocycles. The first-order valence-corrected chi connectivity index (χ1v) is 13.2. The number of hydrogen-bond acceptors (Lipinski definition) is 3. The van der Waals surface area contributed by atoms with Crippen molar-refractivity contribution in [1.82, 2.24) is 4.57 Å². The number of nitrogens with one attached hydrogen (secondary N) is 1. The highest BCUT2D eigenvalue weighted by Crippen LogP contribution is 2.29. The number of hydrogen-bond donors (Lipinski definition) is 1. The summed E-state index contributed by atoms with van der Waals surface area (Å²) in [5.74, 6) is -0.0588. The van der Waals surface area contributed by atoms with E-state index in [1.54, 1.807) is 12.1 Å². The topological polar surface area (TPSA) is 55.2 Å². The summed E-state index contributed by atoms with van der Waals surface area (Å²) in [4.78, 5) is 26.7. The third kappa shape index (κ3) is 4.98. The molecule has 0 atom stereocenters. The lowest BCUT2D eigenvalue weighted by molar-refractivity contribution is -0.514. The number of halogens is 1. The van der Waals surface area contributed by atoms with Crippen molar-refractivity contribution in [2.45, 2.75) is 11.9 Å². The van der Waals surface area contributed by atoms with E-state index >= 15 is 0 Å². The molecule has 178 valence electrons. The molecule has 7 heteroatoms. The summed E-state index contributed by atoms with van der Waals surface area (Å²) in [6, 6.07) is 30.7. The van der Waals surface area contributed by atoms with E-state index in [-0.39, 0.29) is 17.4 Å². The van der Waals surface area contributed by atoms with E-state index in [9.17, 15) is 9.59 Å². The molecule has 0 spiro atoms. The molecular weight excluding hydrogens is 534 g/mol. The maximum absolute atomic E-state index is 13.7. The van der Waals surface area contributed by atoms with Crippen LogP contribution in [0.1, 0.15) is 26.4 Å². The number of fused-ring (bicyclic) bond motifs is 1. The van der Waals surface area contributed by atoms with Crippen LogP contribution < -0.4 is 9.72 Å². The van der Waals surface area contributed by atoms with Crippen LogP contribution in [0.4, 0.5) is 5.69 Å². The number of aromatic nitrogens is 2. The van der Waals surface area contributed by atoms with Crippen molar-refractivity contribution in [2.75, 3.05) is 11.1 Å². The van der Waals surface area contributed by atoms with Crippen molar-refractivity contribution in [3.8, 4) is 5.69 Å². The first-order chi connectivity index (χ1) is 17.5. The number of ketones is 1. The highest BCUT2D eigenvalue weighted by molar-refractivity contribution is 9.10. The number of thioether (sulfide) groups is 1. The van der Waals surface area contributed by atoms with Crippen LogP contribution in [0.15, 0.2) is 113 Å². The molecule has 0 bridgehead atoms. The molecule has 0 saturated heterocycles. The molecular formula is C29H23BrN3O2S+. The van der Waals surface area contributed by atoms with Crippen LogP contribution in [0, 0.1) is 6.92 Å². The quantitative estimate of drug-likeness (QED) is 0.141. The van der Waals surface area contributed by atoms with Crippen molar-refractivity contribution in [2.24, 2.45) is 0 Å². The lowest BCUT2D eigenvalue weighted by Gasteiger charge is -2.06. The van der Waals surface area contributed by atoms with E-state index in [1.807, 2.05) is 107 Å². The third-order valence-corrected chi connectivity index (χ3v) is 7.34. The number of imidazole rings is 1. The smallest absolute Gasteiger partial charge is 0.301 e. The molecule has 1 N–H and O–H groups in total. The van der Waals surface area contributed by atoms with Gasteiger partial charge in [0.25, 0.3) is 11.3 Å². The second-order valence-corrected chi connectivity index (χ2v) is 10.2. The van der Waals surface area contributed by atoms with Gasteiger partial charge in [-0.2, -0.15) is 8.97 Å². The lowest BCUT2D eigenvalue weighted by atomic mass is 10.2. The van der Waals surface area contributed by atoms with Crippen molar-refractivity contribution >= 4 is 50.7 Å². The van der Waals surface area contributed by atoms with E-state index in [1.165, 1.54) is 11.8 Å². The van der Waals surface area contributed by atoms with Gasteiger partial charge in [-0.1, -0.05) is 81.8 Å². The Labute approximate surface area is 221 Å². The Balaban J connectivity index is 1.59. The fraction of sp³-hybridized carbons (Fsp3) is 0.0690. The molecule has 36 heavy (non-hydrogen) atoms. The minimum atomic E-state index is -0.242. The van der Waals surface area contributed by atoms with Crippen LogP contribution in [0.2, 0.25) is 0 Å². The number of anilines is 1. The molecule has 0 unspecified atom stereocenters. The molecule has 5 aromatic rings. The summed E-state index contributed by atoms with van der Waals surface area (Å²) in [6.45, 7) is 2.01. The highest BCUT2D eigenvalue weighted by atomic mass is 79.9. The Kier molecular flexibility index (Phi) is 7.02. The zero-order valence-corrected chi connectivity index (χ0v) is 21.9. The molecule has 0 aliphatic heterocycles. The standard InChI is InChI=1S/C29H22BrN3O2S/c1-20-10-16-23(17-11-20)31-28(35)27-29(36-19-25(34)21-12-14-22(30)15-13-21)33(24-7-3-2-4-8-24)26-9-5-6-18-32(26)27/h2-18H,19H2,1H3/p+1. The van der Waals surface area contributed by atoms with Crippen molar-refractivity contribution in [3.63, 3.8) is 0 Å². The maximum Gasteiger partial charge on any atom is 0.301 e. The zero-order valence-electron chi connectivity index (χ0n) is 19.5. The van der Waals surface area contributed by atoms with Crippen molar-refractivity contribution in [3.05, 3.63) is 125 Å². The molecule has 0 saturated carbocycles. The molecule has 2 aromatic heterocycles. The van der Waals surface area contributed by atoms with E-state index in [4.69, 9.17) is 0 Å². The van der Waals surface area contributed by atoms with Crippen LogP contribution in [0.3, 0.4) is 0 Å². The Hall–Kier alpha value is -3.68. The Morgan fingerprint density at radius 1 is 0.889 bits per heavy atom. The normalized spacial score (nSPS) is 10.9. The van der Waals surface area contributed by atoms with Gasteiger partial charge in [-0.15, -0.1) is 0 Å². The number of Topliss-reactive ketones (excluding diaryl/α,β-unsaturated/α-hetero) is 1. The van der Waals surface area contributed by atoms with Gasteiger partial charge in [0.15, 0.2) is 5.78 Å². The summed E-state index contributed by atoms with van der Waals surface area (Å²) >= 11 is 4.78. The number of carbonyl (C=O) groups excluding carboxylic acids is 2. The van der Waals surface area contributed by atoms with Gasteiger partial charge in [-0.25, -0.2) is 0 Å². The Morgan fingerprint density at radius 3 is 2.31 bits per heavy atom. The number of benzene rings is 3. The van der Waals surface area contributed by atoms with Gasteiger partial charge >= 0.3 is 5.91 Å². The van der Waals surface area contributed by atoms with E-state index in [0.717, 1.165) is 21.4 Å². The molecule has 5 rings (SSSR count). The Morgan fingerprint density at radius 2 is 1.58 bits per heavy atom. The lowest BCUT2D eigenvalue weighted by Crippen LogP contribution is -2.30. The van der Waals surface area contributed by atoms with E-state index in [0.29, 0.717) is 22.0 Å². The molecule has 2 heterocycles.